The van der Waals surface area contributed by atoms with Crippen LogP contribution in [-0.2, 0) is 5.75 Å². The fraction of sp³-hybridized carbons (Fsp3) is 0.0455. The van der Waals surface area contributed by atoms with Crippen molar-refractivity contribution in [2.24, 2.45) is 0 Å². The first-order chi connectivity index (χ1) is 15.5. The lowest BCUT2D eigenvalue weighted by Gasteiger charge is -2.13. The second-order valence-electron chi connectivity index (χ2n) is 6.86. The number of aromatic nitrogens is 5. The quantitative estimate of drug-likeness (QED) is 0.337. The molecular weight excluding hydrogens is 431 g/mol. The summed E-state index contributed by atoms with van der Waals surface area (Å²) < 4.78 is 16.1. The molecule has 5 rings (SSSR count). The number of para-hydroxylation sites is 1. The van der Waals surface area contributed by atoms with E-state index in [1.807, 2.05) is 6.07 Å². The number of nitrogens with one attached hydrogen (secondary N) is 1. The van der Waals surface area contributed by atoms with Gasteiger partial charge in [-0.3, -0.25) is 19.3 Å². The molecule has 0 spiro atoms. The van der Waals surface area contributed by atoms with Crippen molar-refractivity contribution in [3.8, 4) is 11.8 Å². The maximum absolute atomic E-state index is 13.5. The van der Waals surface area contributed by atoms with Crippen LogP contribution in [0.5, 0.6) is 0 Å². The van der Waals surface area contributed by atoms with E-state index < -0.39 is 5.82 Å². The van der Waals surface area contributed by atoms with Crippen LogP contribution in [0.4, 0.5) is 4.39 Å². The van der Waals surface area contributed by atoms with Gasteiger partial charge in [-0.15, -0.1) is 0 Å². The molecule has 0 saturated carbocycles. The van der Waals surface area contributed by atoms with Gasteiger partial charge in [0, 0.05) is 18.0 Å². The largest absolute Gasteiger partial charge is 0.295 e. The van der Waals surface area contributed by atoms with Gasteiger partial charge in [0.15, 0.2) is 10.8 Å². The molecule has 3 heterocycles. The lowest BCUT2D eigenvalue weighted by atomic mass is 10.2. The van der Waals surface area contributed by atoms with Gasteiger partial charge in [-0.25, -0.2) is 18.9 Å². The minimum absolute atomic E-state index is 0.230. The van der Waals surface area contributed by atoms with Crippen LogP contribution < -0.4 is 11.1 Å². The van der Waals surface area contributed by atoms with Crippen molar-refractivity contribution >= 4 is 28.3 Å². The Balaban J connectivity index is 1.61. The summed E-state index contributed by atoms with van der Waals surface area (Å²) in [5.74, 6) is -0.184. The highest BCUT2D eigenvalue weighted by Gasteiger charge is 2.15. The number of hydrogen-bond acceptors (Lipinski definition) is 6. The number of rotatable bonds is 4. The number of thioether (sulfide) groups is 1. The molecule has 0 fully saturated rings. The minimum Gasteiger partial charge on any atom is -0.295 e. The molecule has 0 aliphatic heterocycles. The molecule has 2 aromatic carbocycles. The van der Waals surface area contributed by atoms with E-state index in [2.05, 4.69) is 15.1 Å². The topological polar surface area (TPSA) is 109 Å². The van der Waals surface area contributed by atoms with Gasteiger partial charge in [-0.05, 0) is 36.4 Å². The predicted octanol–water partition coefficient (Wildman–Crippen LogP) is 3.02. The van der Waals surface area contributed by atoms with E-state index in [9.17, 15) is 19.2 Å². The second-order valence-corrected chi connectivity index (χ2v) is 7.80. The summed E-state index contributed by atoms with van der Waals surface area (Å²) >= 11 is 1.22. The van der Waals surface area contributed by atoms with Crippen molar-refractivity contribution in [2.75, 3.05) is 0 Å². The van der Waals surface area contributed by atoms with Gasteiger partial charge >= 0.3 is 0 Å². The monoisotopic (exact) mass is 444 g/mol. The van der Waals surface area contributed by atoms with E-state index in [0.29, 0.717) is 27.4 Å². The fourth-order valence-corrected chi connectivity index (χ4v) is 4.26. The number of nitrogens with zero attached hydrogens (tertiary/aromatic N) is 5. The van der Waals surface area contributed by atoms with Crippen molar-refractivity contribution in [2.45, 2.75) is 10.9 Å². The Morgan fingerprint density at radius 2 is 1.88 bits per heavy atom. The lowest BCUT2D eigenvalue weighted by molar-refractivity contribution is 0.627. The Morgan fingerprint density at radius 3 is 2.66 bits per heavy atom. The van der Waals surface area contributed by atoms with Crippen LogP contribution in [0.3, 0.4) is 0 Å². The molecule has 8 nitrogen and oxygen atoms in total. The van der Waals surface area contributed by atoms with Gasteiger partial charge < -0.3 is 0 Å². The van der Waals surface area contributed by atoms with E-state index in [4.69, 9.17) is 0 Å². The molecule has 156 valence electrons. The molecule has 5 aromatic rings. The summed E-state index contributed by atoms with van der Waals surface area (Å²) in [7, 11) is 0. The first-order valence-corrected chi connectivity index (χ1v) is 10.4. The third kappa shape index (κ3) is 3.34. The van der Waals surface area contributed by atoms with E-state index in [0.717, 1.165) is 0 Å². The zero-order valence-electron chi connectivity index (χ0n) is 16.3. The smallest absolute Gasteiger partial charge is 0.272 e. The van der Waals surface area contributed by atoms with Gasteiger partial charge in [0.05, 0.1) is 22.3 Å². The van der Waals surface area contributed by atoms with Gasteiger partial charge in [0.2, 0.25) is 0 Å². The zero-order valence-corrected chi connectivity index (χ0v) is 17.1. The fourth-order valence-electron chi connectivity index (χ4n) is 3.35. The van der Waals surface area contributed by atoms with Crippen LogP contribution in [0, 0.1) is 17.1 Å². The first-order valence-electron chi connectivity index (χ1n) is 9.46. The molecule has 0 amide bonds. The number of hydrogen-bond donors (Lipinski definition) is 1. The highest BCUT2D eigenvalue weighted by atomic mass is 32.2. The van der Waals surface area contributed by atoms with Crippen molar-refractivity contribution in [3.05, 3.63) is 98.6 Å². The zero-order chi connectivity index (χ0) is 22.2. The van der Waals surface area contributed by atoms with Crippen LogP contribution in [0.2, 0.25) is 0 Å². The summed E-state index contributed by atoms with van der Waals surface area (Å²) in [5, 5.41) is 12.7. The Kier molecular flexibility index (Phi) is 4.80. The Bertz CT molecular complexity index is 1650. The summed E-state index contributed by atoms with van der Waals surface area (Å²) in [6.45, 7) is 0. The molecule has 0 atom stereocenters. The molecule has 0 unspecified atom stereocenters. The Hall–Kier alpha value is -4.23. The van der Waals surface area contributed by atoms with E-state index in [1.165, 1.54) is 57.4 Å². The number of halogens is 1. The molecule has 10 heteroatoms. The van der Waals surface area contributed by atoms with Gasteiger partial charge in [-0.2, -0.15) is 5.26 Å². The highest BCUT2D eigenvalue weighted by molar-refractivity contribution is 7.98. The van der Waals surface area contributed by atoms with Crippen molar-refractivity contribution in [1.29, 1.82) is 5.26 Å². The SMILES string of the molecule is N#Cc1c[nH]n2c(=O)cc(CSc3nc4ccccc4c(=O)n3-c3ccc(F)cc3)nc12. The maximum Gasteiger partial charge on any atom is 0.272 e. The van der Waals surface area contributed by atoms with Crippen molar-refractivity contribution in [1.82, 2.24) is 24.1 Å². The summed E-state index contributed by atoms with van der Waals surface area (Å²) in [6, 6.07) is 15.9. The first kappa shape index (κ1) is 19.7. The van der Waals surface area contributed by atoms with Crippen LogP contribution in [0.1, 0.15) is 11.3 Å². The van der Waals surface area contributed by atoms with Crippen LogP contribution in [-0.4, -0.2) is 24.1 Å². The average molecular weight is 444 g/mol. The summed E-state index contributed by atoms with van der Waals surface area (Å²) in [5.41, 5.74) is 1.28. The summed E-state index contributed by atoms with van der Waals surface area (Å²) in [4.78, 5) is 34.6. The second kappa shape index (κ2) is 7.79. The third-order valence-corrected chi connectivity index (χ3v) is 5.82. The molecular formula is C22H13FN6O2S. The molecule has 1 N–H and O–H groups in total. The van der Waals surface area contributed by atoms with Gasteiger partial charge in [-0.1, -0.05) is 23.9 Å². The van der Waals surface area contributed by atoms with E-state index >= 15 is 0 Å². The normalized spacial score (nSPS) is 11.1. The predicted molar refractivity (Wildman–Crippen MR) is 117 cm³/mol. The number of fused-ring (bicyclic) bond motifs is 2. The standard InChI is InChI=1S/C22H13FN6O2S/c23-14-5-7-16(8-6-14)28-21(31)17-3-1-2-4-18(17)27-22(28)32-12-15-9-19(30)29-20(26-15)13(10-24)11-25-29/h1-9,11,25H,12H2. The van der Waals surface area contributed by atoms with E-state index in [1.54, 1.807) is 24.3 Å². The van der Waals surface area contributed by atoms with Gasteiger partial charge in [0.1, 0.15) is 17.4 Å². The molecule has 0 aliphatic carbocycles. The minimum atomic E-state index is -0.414. The average Bonchev–Trinajstić information content (AvgIpc) is 3.22. The molecule has 0 radical (unpaired) electrons. The molecule has 32 heavy (non-hydrogen) atoms. The van der Waals surface area contributed by atoms with Gasteiger partial charge in [0.25, 0.3) is 11.1 Å². The lowest BCUT2D eigenvalue weighted by Crippen LogP contribution is -2.22. The summed E-state index contributed by atoms with van der Waals surface area (Å²) in [6.07, 6.45) is 1.41. The number of aromatic amines is 1. The molecule has 0 bridgehead atoms. The Morgan fingerprint density at radius 1 is 1.09 bits per heavy atom. The maximum atomic E-state index is 13.5. The number of H-pyrrole nitrogens is 1. The molecule has 0 aliphatic rings. The molecule has 0 saturated heterocycles. The highest BCUT2D eigenvalue weighted by Crippen LogP contribution is 2.24. The third-order valence-electron chi connectivity index (χ3n) is 4.85. The Labute approximate surface area is 183 Å². The van der Waals surface area contributed by atoms with Crippen molar-refractivity contribution in [3.63, 3.8) is 0 Å². The van der Waals surface area contributed by atoms with Crippen molar-refractivity contribution < 1.29 is 4.39 Å². The van der Waals surface area contributed by atoms with Crippen LogP contribution in [0.25, 0.3) is 22.2 Å². The van der Waals surface area contributed by atoms with Crippen LogP contribution in [0.15, 0.2) is 75.5 Å². The van der Waals surface area contributed by atoms with E-state index in [-0.39, 0.29) is 28.1 Å². The number of benzene rings is 2. The molecule has 3 aromatic heterocycles. The van der Waals surface area contributed by atoms with Crippen LogP contribution >= 0.6 is 11.8 Å². The number of nitriles is 1.